The molecule has 0 aliphatic rings. The summed E-state index contributed by atoms with van der Waals surface area (Å²) in [4.78, 5) is 35.6. The van der Waals surface area contributed by atoms with Crippen LogP contribution in [0, 0.1) is 5.82 Å². The number of aromatic nitrogens is 4. The third-order valence-corrected chi connectivity index (χ3v) is 4.14. The molecule has 8 nitrogen and oxygen atoms in total. The zero-order valence-corrected chi connectivity index (χ0v) is 15.9. The van der Waals surface area contributed by atoms with Crippen molar-refractivity contribution in [3.05, 3.63) is 75.9 Å². The fourth-order valence-corrected chi connectivity index (χ4v) is 2.58. The van der Waals surface area contributed by atoms with Gasteiger partial charge in [-0.25, -0.2) is 14.4 Å². The SMILES string of the molecule is O=C(Cn1c(Cl)cnc(NCC(F)(F)c2ccccn2)c1=O)Nc1ncccc1F. The monoisotopic (exact) mass is 438 g/mol. The number of carbonyl (C=O) groups is 1. The van der Waals surface area contributed by atoms with Crippen LogP contribution in [-0.4, -0.2) is 32.0 Å². The van der Waals surface area contributed by atoms with Crippen molar-refractivity contribution in [3.8, 4) is 0 Å². The summed E-state index contributed by atoms with van der Waals surface area (Å²) in [5.41, 5.74) is -1.39. The number of nitrogens with one attached hydrogen (secondary N) is 2. The molecule has 0 atom stereocenters. The second-order valence-electron chi connectivity index (χ2n) is 5.98. The lowest BCUT2D eigenvalue weighted by Crippen LogP contribution is -2.33. The van der Waals surface area contributed by atoms with Crippen LogP contribution in [0.3, 0.4) is 0 Å². The maximum absolute atomic E-state index is 14.2. The Morgan fingerprint density at radius 2 is 1.87 bits per heavy atom. The summed E-state index contributed by atoms with van der Waals surface area (Å²) >= 11 is 5.91. The fraction of sp³-hybridized carbons (Fsp3) is 0.167. The summed E-state index contributed by atoms with van der Waals surface area (Å²) in [7, 11) is 0. The number of pyridine rings is 2. The molecule has 0 bridgehead atoms. The number of alkyl halides is 2. The van der Waals surface area contributed by atoms with Crippen LogP contribution < -0.4 is 16.2 Å². The summed E-state index contributed by atoms with van der Waals surface area (Å²) < 4.78 is 42.9. The lowest BCUT2D eigenvalue weighted by atomic mass is 10.2. The molecule has 156 valence electrons. The molecule has 3 aromatic rings. The maximum Gasteiger partial charge on any atom is 0.306 e. The van der Waals surface area contributed by atoms with Crippen LogP contribution in [0.2, 0.25) is 5.15 Å². The number of amides is 1. The Labute approximate surface area is 172 Å². The Morgan fingerprint density at radius 1 is 1.10 bits per heavy atom. The number of anilines is 2. The highest BCUT2D eigenvalue weighted by atomic mass is 35.5. The first kappa shape index (κ1) is 21.2. The smallest absolute Gasteiger partial charge is 0.306 e. The first-order valence-electron chi connectivity index (χ1n) is 8.47. The molecule has 12 heteroatoms. The maximum atomic E-state index is 14.2. The van der Waals surface area contributed by atoms with Gasteiger partial charge in [0.25, 0.3) is 5.56 Å². The van der Waals surface area contributed by atoms with Gasteiger partial charge >= 0.3 is 5.92 Å². The van der Waals surface area contributed by atoms with E-state index in [9.17, 15) is 22.8 Å². The van der Waals surface area contributed by atoms with Gasteiger partial charge in [-0.2, -0.15) is 8.78 Å². The minimum Gasteiger partial charge on any atom is -0.359 e. The van der Waals surface area contributed by atoms with E-state index in [1.54, 1.807) is 0 Å². The van der Waals surface area contributed by atoms with Gasteiger partial charge < -0.3 is 10.6 Å². The predicted molar refractivity (Wildman–Crippen MR) is 103 cm³/mol. The zero-order chi connectivity index (χ0) is 21.7. The van der Waals surface area contributed by atoms with E-state index in [1.807, 2.05) is 0 Å². The van der Waals surface area contributed by atoms with Crippen molar-refractivity contribution in [2.45, 2.75) is 12.5 Å². The van der Waals surface area contributed by atoms with Crippen molar-refractivity contribution < 1.29 is 18.0 Å². The normalized spacial score (nSPS) is 11.2. The summed E-state index contributed by atoms with van der Waals surface area (Å²) in [5.74, 6) is -5.71. The highest BCUT2D eigenvalue weighted by molar-refractivity contribution is 6.29. The Kier molecular flexibility index (Phi) is 6.31. The lowest BCUT2D eigenvalue weighted by Gasteiger charge is -2.17. The van der Waals surface area contributed by atoms with E-state index in [0.29, 0.717) is 0 Å². The van der Waals surface area contributed by atoms with Gasteiger partial charge in [0.15, 0.2) is 17.5 Å². The number of carbonyl (C=O) groups excluding carboxylic acids is 1. The Morgan fingerprint density at radius 3 is 2.57 bits per heavy atom. The van der Waals surface area contributed by atoms with E-state index in [2.05, 4.69) is 25.6 Å². The predicted octanol–water partition coefficient (Wildman–Crippen LogP) is 2.67. The fourth-order valence-electron chi connectivity index (χ4n) is 2.39. The van der Waals surface area contributed by atoms with E-state index in [4.69, 9.17) is 11.6 Å². The van der Waals surface area contributed by atoms with Crippen molar-refractivity contribution in [2.24, 2.45) is 0 Å². The van der Waals surface area contributed by atoms with Gasteiger partial charge in [0, 0.05) is 12.4 Å². The molecular formula is C18H14ClF3N6O2. The largest absolute Gasteiger partial charge is 0.359 e. The topological polar surface area (TPSA) is 102 Å². The molecule has 2 N–H and O–H groups in total. The third kappa shape index (κ3) is 4.92. The van der Waals surface area contributed by atoms with E-state index in [-0.39, 0.29) is 11.0 Å². The van der Waals surface area contributed by atoms with E-state index < -0.39 is 47.8 Å². The van der Waals surface area contributed by atoms with Gasteiger partial charge in [-0.1, -0.05) is 17.7 Å². The summed E-state index contributed by atoms with van der Waals surface area (Å²) in [6.45, 7) is -1.57. The molecule has 30 heavy (non-hydrogen) atoms. The van der Waals surface area contributed by atoms with Gasteiger partial charge in [-0.05, 0) is 24.3 Å². The van der Waals surface area contributed by atoms with Gasteiger partial charge in [0.1, 0.15) is 17.4 Å². The molecule has 0 unspecified atom stereocenters. The molecule has 3 rings (SSSR count). The van der Waals surface area contributed by atoms with Crippen LogP contribution in [0.1, 0.15) is 5.69 Å². The van der Waals surface area contributed by atoms with Crippen LogP contribution in [0.4, 0.5) is 24.8 Å². The summed E-state index contributed by atoms with van der Waals surface area (Å²) in [5, 5.41) is 4.24. The molecule has 0 aliphatic carbocycles. The van der Waals surface area contributed by atoms with Gasteiger partial charge in [-0.3, -0.25) is 19.1 Å². The van der Waals surface area contributed by atoms with Crippen LogP contribution in [0.25, 0.3) is 0 Å². The molecule has 0 aromatic carbocycles. The van der Waals surface area contributed by atoms with Crippen LogP contribution in [-0.2, 0) is 17.3 Å². The quantitative estimate of drug-likeness (QED) is 0.588. The van der Waals surface area contributed by atoms with Crippen LogP contribution in [0.5, 0.6) is 0 Å². The van der Waals surface area contributed by atoms with Gasteiger partial charge in [0.2, 0.25) is 5.91 Å². The molecule has 3 aromatic heterocycles. The summed E-state index contributed by atoms with van der Waals surface area (Å²) in [6.07, 6.45) is 3.52. The number of hydrogen-bond donors (Lipinski definition) is 2. The van der Waals surface area contributed by atoms with E-state index in [1.165, 1.54) is 30.6 Å². The van der Waals surface area contributed by atoms with E-state index >= 15 is 0 Å². The molecule has 3 heterocycles. The highest BCUT2D eigenvalue weighted by Gasteiger charge is 2.33. The average Bonchev–Trinajstić information content (AvgIpc) is 2.73. The highest BCUT2D eigenvalue weighted by Crippen LogP contribution is 2.25. The number of nitrogens with zero attached hydrogens (tertiary/aromatic N) is 4. The number of rotatable bonds is 7. The average molecular weight is 439 g/mol. The number of hydrogen-bond acceptors (Lipinski definition) is 6. The van der Waals surface area contributed by atoms with Crippen molar-refractivity contribution in [1.82, 2.24) is 19.5 Å². The molecule has 0 fully saturated rings. The van der Waals surface area contributed by atoms with Crippen molar-refractivity contribution in [3.63, 3.8) is 0 Å². The molecule has 1 amide bonds. The first-order chi connectivity index (χ1) is 14.3. The molecule has 0 saturated heterocycles. The zero-order valence-electron chi connectivity index (χ0n) is 15.2. The third-order valence-electron chi connectivity index (χ3n) is 3.84. The minimum absolute atomic E-state index is 0.210. The molecule has 0 saturated carbocycles. The van der Waals surface area contributed by atoms with Crippen LogP contribution >= 0.6 is 11.6 Å². The Bertz CT molecular complexity index is 1110. The number of halogens is 4. The first-order valence-corrected chi connectivity index (χ1v) is 8.84. The molecular weight excluding hydrogens is 425 g/mol. The second-order valence-corrected chi connectivity index (χ2v) is 6.36. The second kappa shape index (κ2) is 8.91. The molecule has 0 radical (unpaired) electrons. The minimum atomic E-state index is -3.38. The standard InChI is InChI=1S/C18H14ClF3N6O2/c19-13-8-25-16(26-10-18(21,22)12-5-1-2-6-23-12)17(30)28(13)9-14(29)27-15-11(20)4-3-7-24-15/h1-8H,9-10H2,(H,25,26)(H,24,27,29). The van der Waals surface area contributed by atoms with Crippen molar-refractivity contribution >= 4 is 29.1 Å². The van der Waals surface area contributed by atoms with Gasteiger partial charge in [-0.15, -0.1) is 0 Å². The van der Waals surface area contributed by atoms with Gasteiger partial charge in [0.05, 0.1) is 12.7 Å². The van der Waals surface area contributed by atoms with Crippen molar-refractivity contribution in [2.75, 3.05) is 17.2 Å². The lowest BCUT2D eigenvalue weighted by molar-refractivity contribution is -0.116. The van der Waals surface area contributed by atoms with Crippen molar-refractivity contribution in [1.29, 1.82) is 0 Å². The van der Waals surface area contributed by atoms with E-state index in [0.717, 1.165) is 22.9 Å². The van der Waals surface area contributed by atoms with Crippen LogP contribution in [0.15, 0.2) is 53.7 Å². The Hall–Kier alpha value is -3.47. The molecule has 0 spiro atoms. The summed E-state index contributed by atoms with van der Waals surface area (Å²) in [6, 6.07) is 6.49. The molecule has 0 aliphatic heterocycles. The Balaban J connectivity index is 1.74.